The smallest absolute Gasteiger partial charge is 0.250 e. The number of hydrogen-bond acceptors (Lipinski definition) is 6. The molecule has 0 atom stereocenters. The molecule has 4 N–H and O–H groups in total. The molecule has 1 fully saturated rings. The maximum atomic E-state index is 11.2. The Morgan fingerprint density at radius 2 is 1.83 bits per heavy atom. The van der Waals surface area contributed by atoms with Gasteiger partial charge in [-0.15, -0.1) is 0 Å². The van der Waals surface area contributed by atoms with E-state index >= 15 is 0 Å². The van der Waals surface area contributed by atoms with E-state index in [2.05, 4.69) is 21.9 Å². The van der Waals surface area contributed by atoms with E-state index < -0.39 is 5.91 Å². The van der Waals surface area contributed by atoms with E-state index in [1.54, 1.807) is 25.3 Å². The van der Waals surface area contributed by atoms with E-state index in [1.807, 2.05) is 12.1 Å². The minimum Gasteiger partial charge on any atom is -0.495 e. The molecule has 0 saturated carbocycles. The fourth-order valence-corrected chi connectivity index (χ4v) is 3.59. The summed E-state index contributed by atoms with van der Waals surface area (Å²) in [4.78, 5) is 16.1. The van der Waals surface area contributed by atoms with Gasteiger partial charge in [0.15, 0.2) is 0 Å². The Kier molecular flexibility index (Phi) is 7.19. The molecule has 7 nitrogen and oxygen atoms in total. The van der Waals surface area contributed by atoms with Crippen LogP contribution in [0.15, 0.2) is 42.5 Å². The largest absolute Gasteiger partial charge is 0.495 e. The number of hydrogen-bond donors (Lipinski definition) is 2. The minimum atomic E-state index is -0.528. The predicted molar refractivity (Wildman–Crippen MR) is 116 cm³/mol. The van der Waals surface area contributed by atoms with Crippen molar-refractivity contribution in [3.05, 3.63) is 48.0 Å². The maximum absolute atomic E-state index is 11.2. The van der Waals surface area contributed by atoms with Crippen LogP contribution in [0.2, 0.25) is 0 Å². The van der Waals surface area contributed by atoms with Gasteiger partial charge in [0.1, 0.15) is 11.5 Å². The Hall–Kier alpha value is -2.93. The Balaban J connectivity index is 1.35. The molecule has 1 heterocycles. The zero-order valence-electron chi connectivity index (χ0n) is 17.0. The van der Waals surface area contributed by atoms with Crippen molar-refractivity contribution in [3.63, 3.8) is 0 Å². The monoisotopic (exact) mass is 398 g/mol. The van der Waals surface area contributed by atoms with Gasteiger partial charge in [0.05, 0.1) is 25.0 Å². The van der Waals surface area contributed by atoms with Crippen molar-refractivity contribution in [2.75, 3.05) is 57.1 Å². The van der Waals surface area contributed by atoms with Crippen LogP contribution in [0, 0.1) is 0 Å². The van der Waals surface area contributed by atoms with Gasteiger partial charge in [0.25, 0.3) is 5.91 Å². The number of para-hydroxylation sites is 2. The van der Waals surface area contributed by atoms with Crippen LogP contribution in [0.5, 0.6) is 11.5 Å². The number of methoxy groups -OCH3 is 1. The van der Waals surface area contributed by atoms with Gasteiger partial charge < -0.3 is 25.8 Å². The molecule has 0 bridgehead atoms. The summed E-state index contributed by atoms with van der Waals surface area (Å²) < 4.78 is 11.2. The van der Waals surface area contributed by atoms with Gasteiger partial charge in [0.2, 0.25) is 0 Å². The van der Waals surface area contributed by atoms with Gasteiger partial charge in [0, 0.05) is 37.9 Å². The average molecular weight is 399 g/mol. The second kappa shape index (κ2) is 10.0. The molecule has 0 radical (unpaired) electrons. The lowest BCUT2D eigenvalue weighted by Gasteiger charge is -2.36. The van der Waals surface area contributed by atoms with Crippen molar-refractivity contribution >= 4 is 17.3 Å². The highest BCUT2D eigenvalue weighted by atomic mass is 16.5. The Labute approximate surface area is 172 Å². The summed E-state index contributed by atoms with van der Waals surface area (Å²) in [6, 6.07) is 13.2. The highest BCUT2D eigenvalue weighted by Crippen LogP contribution is 2.28. The molecule has 0 unspecified atom stereocenters. The third-order valence-electron chi connectivity index (χ3n) is 5.22. The predicted octanol–water partition coefficient (Wildman–Crippen LogP) is 2.36. The number of amides is 1. The van der Waals surface area contributed by atoms with Crippen molar-refractivity contribution in [1.29, 1.82) is 0 Å². The second-order valence-corrected chi connectivity index (χ2v) is 7.17. The number of unbranched alkanes of at least 4 members (excludes halogenated alkanes) is 1. The normalized spacial score (nSPS) is 14.6. The molecule has 2 aromatic carbocycles. The maximum Gasteiger partial charge on any atom is 0.250 e. The standard InChI is InChI=1S/C22H30N4O3/c1-28-21-7-3-2-6-20(21)26-13-11-25(12-14-26)10-4-5-15-29-17-8-9-18(22(24)27)19(23)16-17/h2-3,6-9,16H,4-5,10-15,23H2,1H3,(H2,24,27). The highest BCUT2D eigenvalue weighted by Gasteiger charge is 2.19. The third-order valence-corrected chi connectivity index (χ3v) is 5.22. The van der Waals surface area contributed by atoms with Crippen LogP contribution in [-0.4, -0.2) is 57.2 Å². The lowest BCUT2D eigenvalue weighted by atomic mass is 10.1. The SMILES string of the molecule is COc1ccccc1N1CCN(CCCCOc2ccc(C(N)=O)c(N)c2)CC1. The summed E-state index contributed by atoms with van der Waals surface area (Å²) in [5, 5.41) is 0. The number of ether oxygens (including phenoxy) is 2. The molecule has 7 heteroatoms. The van der Waals surface area contributed by atoms with Gasteiger partial charge in [-0.3, -0.25) is 9.69 Å². The number of nitrogen functional groups attached to an aromatic ring is 1. The van der Waals surface area contributed by atoms with Crippen LogP contribution in [0.4, 0.5) is 11.4 Å². The van der Waals surface area contributed by atoms with Crippen molar-refractivity contribution in [2.45, 2.75) is 12.8 Å². The van der Waals surface area contributed by atoms with Gasteiger partial charge in [-0.25, -0.2) is 0 Å². The summed E-state index contributed by atoms with van der Waals surface area (Å²) in [5.41, 5.74) is 12.9. The third kappa shape index (κ3) is 5.54. The van der Waals surface area contributed by atoms with Crippen LogP contribution in [0.1, 0.15) is 23.2 Å². The van der Waals surface area contributed by atoms with E-state index in [9.17, 15) is 4.79 Å². The fourth-order valence-electron chi connectivity index (χ4n) is 3.59. The van der Waals surface area contributed by atoms with Crippen LogP contribution in [0.25, 0.3) is 0 Å². The number of carbonyl (C=O) groups excluding carboxylic acids is 1. The zero-order chi connectivity index (χ0) is 20.6. The van der Waals surface area contributed by atoms with Gasteiger partial charge >= 0.3 is 0 Å². The first-order valence-electron chi connectivity index (χ1n) is 10.0. The summed E-state index contributed by atoms with van der Waals surface area (Å²) in [6.45, 7) is 5.78. The Morgan fingerprint density at radius 1 is 1.07 bits per heavy atom. The molecule has 29 heavy (non-hydrogen) atoms. The lowest BCUT2D eigenvalue weighted by Crippen LogP contribution is -2.46. The molecular weight excluding hydrogens is 368 g/mol. The first-order chi connectivity index (χ1) is 14.1. The molecule has 156 valence electrons. The molecule has 1 saturated heterocycles. The number of piperazine rings is 1. The summed E-state index contributed by atoms with van der Waals surface area (Å²) in [6.07, 6.45) is 2.04. The first-order valence-corrected chi connectivity index (χ1v) is 10.0. The first kappa shape index (κ1) is 20.8. The van der Waals surface area contributed by atoms with E-state index in [0.29, 0.717) is 23.6 Å². The Morgan fingerprint density at radius 3 is 2.52 bits per heavy atom. The van der Waals surface area contributed by atoms with E-state index in [1.165, 1.54) is 5.69 Å². The zero-order valence-corrected chi connectivity index (χ0v) is 17.0. The number of nitrogens with two attached hydrogens (primary N) is 2. The van der Waals surface area contributed by atoms with Crippen LogP contribution < -0.4 is 25.8 Å². The molecule has 1 amide bonds. The minimum absolute atomic E-state index is 0.324. The Bertz CT molecular complexity index is 819. The molecule has 2 aromatic rings. The molecule has 0 aromatic heterocycles. The molecule has 3 rings (SSSR count). The van der Waals surface area contributed by atoms with E-state index in [-0.39, 0.29) is 0 Å². The molecule has 0 aliphatic carbocycles. The number of nitrogens with zero attached hydrogens (tertiary/aromatic N) is 2. The molecule has 1 aliphatic heterocycles. The number of anilines is 2. The summed E-state index contributed by atoms with van der Waals surface area (Å²) in [5.74, 6) is 1.07. The number of primary amides is 1. The molecular formula is C22H30N4O3. The molecule has 0 spiro atoms. The van der Waals surface area contributed by atoms with E-state index in [4.69, 9.17) is 20.9 Å². The topological polar surface area (TPSA) is 94.0 Å². The van der Waals surface area contributed by atoms with Gasteiger partial charge in [-0.2, -0.15) is 0 Å². The lowest BCUT2D eigenvalue weighted by molar-refractivity contribution is 0.100. The van der Waals surface area contributed by atoms with Crippen LogP contribution in [0.3, 0.4) is 0 Å². The van der Waals surface area contributed by atoms with Crippen molar-refractivity contribution < 1.29 is 14.3 Å². The van der Waals surface area contributed by atoms with Crippen molar-refractivity contribution in [3.8, 4) is 11.5 Å². The molecule has 1 aliphatic rings. The average Bonchev–Trinajstić information content (AvgIpc) is 2.74. The summed E-state index contributed by atoms with van der Waals surface area (Å²) in [7, 11) is 1.72. The quantitative estimate of drug-likeness (QED) is 0.497. The number of benzene rings is 2. The number of carbonyl (C=O) groups is 1. The van der Waals surface area contributed by atoms with Crippen molar-refractivity contribution in [2.24, 2.45) is 5.73 Å². The van der Waals surface area contributed by atoms with Crippen LogP contribution in [-0.2, 0) is 0 Å². The fraction of sp³-hybridized carbons (Fsp3) is 0.409. The van der Waals surface area contributed by atoms with E-state index in [0.717, 1.165) is 51.3 Å². The summed E-state index contributed by atoms with van der Waals surface area (Å²) >= 11 is 0. The second-order valence-electron chi connectivity index (χ2n) is 7.17. The highest BCUT2D eigenvalue weighted by molar-refractivity contribution is 5.98. The van der Waals surface area contributed by atoms with Crippen molar-refractivity contribution in [1.82, 2.24) is 4.90 Å². The number of rotatable bonds is 9. The van der Waals surface area contributed by atoms with Gasteiger partial charge in [-0.05, 0) is 43.7 Å². The van der Waals surface area contributed by atoms with Gasteiger partial charge in [-0.1, -0.05) is 12.1 Å². The van der Waals surface area contributed by atoms with Crippen LogP contribution >= 0.6 is 0 Å².